The molecule has 112 valence electrons. The van der Waals surface area contributed by atoms with E-state index in [9.17, 15) is 5.11 Å². The van der Waals surface area contributed by atoms with Gasteiger partial charge in [0.15, 0.2) is 6.29 Å². The fourth-order valence-corrected chi connectivity index (χ4v) is 2.71. The highest BCUT2D eigenvalue weighted by atomic mass is 16.7. The summed E-state index contributed by atoms with van der Waals surface area (Å²) in [5, 5.41) is 9.82. The number of ether oxygens (including phenoxy) is 2. The second-order valence-electron chi connectivity index (χ2n) is 6.24. The minimum atomic E-state index is -0.591. The molecule has 0 atom stereocenters. The fourth-order valence-electron chi connectivity index (χ4n) is 2.71. The van der Waals surface area contributed by atoms with E-state index >= 15 is 0 Å². The molecule has 0 radical (unpaired) electrons. The van der Waals surface area contributed by atoms with E-state index in [1.54, 1.807) is 0 Å². The lowest BCUT2D eigenvalue weighted by Gasteiger charge is -2.37. The molecule has 2 saturated heterocycles. The standard InChI is InChI=1S/C14H28N2O3/c1-14(2,17)12-16-8-6-15(7-9-16)5-4-13-18-10-3-11-19-13/h13,17H,3-12H2,1-2H3. The summed E-state index contributed by atoms with van der Waals surface area (Å²) in [7, 11) is 0. The maximum absolute atomic E-state index is 9.82. The van der Waals surface area contributed by atoms with Crippen LogP contribution >= 0.6 is 0 Å². The lowest BCUT2D eigenvalue weighted by molar-refractivity contribution is -0.183. The Morgan fingerprint density at radius 2 is 1.63 bits per heavy atom. The van der Waals surface area contributed by atoms with E-state index in [2.05, 4.69) is 9.80 Å². The van der Waals surface area contributed by atoms with Crippen molar-refractivity contribution in [2.45, 2.75) is 38.6 Å². The number of β-amino-alcohol motifs (C(OH)–C–C–N with tert-alkyl or cyclic N) is 1. The molecular formula is C14H28N2O3. The van der Waals surface area contributed by atoms with Crippen LogP contribution in [0.15, 0.2) is 0 Å². The largest absolute Gasteiger partial charge is 0.389 e. The van der Waals surface area contributed by atoms with E-state index in [1.165, 1.54) is 0 Å². The molecule has 2 aliphatic heterocycles. The molecule has 0 aliphatic carbocycles. The monoisotopic (exact) mass is 272 g/mol. The maximum atomic E-state index is 9.82. The minimum Gasteiger partial charge on any atom is -0.389 e. The molecule has 1 N–H and O–H groups in total. The Morgan fingerprint density at radius 1 is 1.05 bits per heavy atom. The Bertz CT molecular complexity index is 254. The highest BCUT2D eigenvalue weighted by Gasteiger charge is 2.23. The molecule has 0 spiro atoms. The van der Waals surface area contributed by atoms with Crippen LogP contribution in [-0.2, 0) is 9.47 Å². The molecule has 2 rings (SSSR count). The number of aliphatic hydroxyl groups is 1. The van der Waals surface area contributed by atoms with Crippen LogP contribution in [0.25, 0.3) is 0 Å². The molecule has 0 aromatic heterocycles. The zero-order valence-electron chi connectivity index (χ0n) is 12.3. The van der Waals surface area contributed by atoms with Crippen molar-refractivity contribution in [3.8, 4) is 0 Å². The van der Waals surface area contributed by atoms with E-state index in [-0.39, 0.29) is 6.29 Å². The molecule has 0 amide bonds. The molecule has 5 nitrogen and oxygen atoms in total. The van der Waals surface area contributed by atoms with Gasteiger partial charge in [0.1, 0.15) is 0 Å². The predicted octanol–water partition coefficient (Wildman–Crippen LogP) is 0.528. The number of nitrogens with zero attached hydrogens (tertiary/aromatic N) is 2. The lowest BCUT2D eigenvalue weighted by Crippen LogP contribution is -2.50. The van der Waals surface area contributed by atoms with Gasteiger partial charge in [-0.05, 0) is 20.3 Å². The number of hydrogen-bond acceptors (Lipinski definition) is 5. The first-order chi connectivity index (χ1) is 9.03. The maximum Gasteiger partial charge on any atom is 0.158 e. The van der Waals surface area contributed by atoms with Gasteiger partial charge in [-0.25, -0.2) is 0 Å². The van der Waals surface area contributed by atoms with Crippen molar-refractivity contribution < 1.29 is 14.6 Å². The first-order valence-electron chi connectivity index (χ1n) is 7.43. The van der Waals surface area contributed by atoms with E-state index in [1.807, 2.05) is 13.8 Å². The molecule has 0 aromatic carbocycles. The quantitative estimate of drug-likeness (QED) is 0.791. The Hall–Kier alpha value is -0.200. The number of hydrogen-bond donors (Lipinski definition) is 1. The van der Waals surface area contributed by atoms with Gasteiger partial charge < -0.3 is 19.5 Å². The van der Waals surface area contributed by atoms with Crippen LogP contribution in [0.1, 0.15) is 26.7 Å². The van der Waals surface area contributed by atoms with E-state index in [4.69, 9.17) is 9.47 Å². The molecule has 0 saturated carbocycles. The Labute approximate surface area is 116 Å². The van der Waals surface area contributed by atoms with Gasteiger partial charge in [-0.15, -0.1) is 0 Å². The van der Waals surface area contributed by atoms with Gasteiger partial charge in [0.25, 0.3) is 0 Å². The summed E-state index contributed by atoms with van der Waals surface area (Å²) in [6.45, 7) is 11.4. The summed E-state index contributed by atoms with van der Waals surface area (Å²) < 4.78 is 11.1. The van der Waals surface area contributed by atoms with E-state index < -0.39 is 5.60 Å². The van der Waals surface area contributed by atoms with Crippen LogP contribution in [-0.4, -0.2) is 79.3 Å². The third-order valence-electron chi connectivity index (χ3n) is 3.65. The fraction of sp³-hybridized carbons (Fsp3) is 1.00. The van der Waals surface area contributed by atoms with Crippen LogP contribution in [0.3, 0.4) is 0 Å². The summed E-state index contributed by atoms with van der Waals surface area (Å²) in [5.41, 5.74) is -0.591. The Balaban J connectivity index is 1.60. The summed E-state index contributed by atoms with van der Waals surface area (Å²) in [6, 6.07) is 0. The van der Waals surface area contributed by atoms with Crippen LogP contribution in [0.5, 0.6) is 0 Å². The normalized spacial score (nSPS) is 24.8. The van der Waals surface area contributed by atoms with E-state index in [0.717, 1.165) is 65.3 Å². The second-order valence-corrected chi connectivity index (χ2v) is 6.24. The molecule has 0 aromatic rings. The molecule has 0 bridgehead atoms. The highest BCUT2D eigenvalue weighted by molar-refractivity contribution is 4.78. The Morgan fingerprint density at radius 3 is 2.21 bits per heavy atom. The number of piperazine rings is 1. The van der Waals surface area contributed by atoms with Crippen molar-refractivity contribution in [3.63, 3.8) is 0 Å². The average Bonchev–Trinajstić information content (AvgIpc) is 2.37. The van der Waals surface area contributed by atoms with Gasteiger partial charge in [0, 0.05) is 45.7 Å². The van der Waals surface area contributed by atoms with Crippen molar-refractivity contribution in [2.24, 2.45) is 0 Å². The molecular weight excluding hydrogens is 244 g/mol. The number of rotatable bonds is 5. The van der Waals surface area contributed by atoms with Gasteiger partial charge in [-0.2, -0.15) is 0 Å². The molecule has 2 heterocycles. The zero-order valence-corrected chi connectivity index (χ0v) is 12.3. The van der Waals surface area contributed by atoms with Crippen molar-refractivity contribution in [2.75, 3.05) is 52.5 Å². The highest BCUT2D eigenvalue weighted by Crippen LogP contribution is 2.12. The first-order valence-corrected chi connectivity index (χ1v) is 7.43. The second kappa shape index (κ2) is 6.99. The lowest BCUT2D eigenvalue weighted by atomic mass is 10.1. The molecule has 0 unspecified atom stereocenters. The molecule has 19 heavy (non-hydrogen) atoms. The SMILES string of the molecule is CC(C)(O)CN1CCN(CCC2OCCCO2)CC1. The van der Waals surface area contributed by atoms with Crippen LogP contribution in [0.4, 0.5) is 0 Å². The third-order valence-corrected chi connectivity index (χ3v) is 3.65. The van der Waals surface area contributed by atoms with Crippen molar-refractivity contribution >= 4 is 0 Å². The predicted molar refractivity (Wildman–Crippen MR) is 74.1 cm³/mol. The Kier molecular flexibility index (Phi) is 5.59. The van der Waals surface area contributed by atoms with Crippen molar-refractivity contribution in [1.29, 1.82) is 0 Å². The van der Waals surface area contributed by atoms with Crippen LogP contribution < -0.4 is 0 Å². The topological polar surface area (TPSA) is 45.2 Å². The minimum absolute atomic E-state index is 0.00292. The summed E-state index contributed by atoms with van der Waals surface area (Å²) in [6.07, 6.45) is 1.99. The van der Waals surface area contributed by atoms with Gasteiger partial charge in [-0.3, -0.25) is 4.90 Å². The molecule has 2 aliphatic rings. The van der Waals surface area contributed by atoms with Gasteiger partial charge in [0.05, 0.1) is 18.8 Å². The average molecular weight is 272 g/mol. The van der Waals surface area contributed by atoms with E-state index in [0.29, 0.717) is 0 Å². The van der Waals surface area contributed by atoms with Crippen LogP contribution in [0.2, 0.25) is 0 Å². The molecule has 5 heteroatoms. The summed E-state index contributed by atoms with van der Waals surface area (Å²) >= 11 is 0. The third kappa shape index (κ3) is 5.75. The van der Waals surface area contributed by atoms with Crippen LogP contribution in [0, 0.1) is 0 Å². The zero-order chi connectivity index (χ0) is 13.7. The van der Waals surface area contributed by atoms with Crippen molar-refractivity contribution in [3.05, 3.63) is 0 Å². The molecule has 2 fully saturated rings. The summed E-state index contributed by atoms with van der Waals surface area (Å²) in [4.78, 5) is 4.80. The smallest absolute Gasteiger partial charge is 0.158 e. The van der Waals surface area contributed by atoms with Gasteiger partial charge in [0.2, 0.25) is 0 Å². The van der Waals surface area contributed by atoms with Crippen molar-refractivity contribution in [1.82, 2.24) is 9.80 Å². The van der Waals surface area contributed by atoms with Gasteiger partial charge in [-0.1, -0.05) is 0 Å². The first kappa shape index (κ1) is 15.2. The summed E-state index contributed by atoms with van der Waals surface area (Å²) in [5.74, 6) is 0. The van der Waals surface area contributed by atoms with Gasteiger partial charge >= 0.3 is 0 Å².